The minimum atomic E-state index is -0.702. The Kier molecular flexibility index (Phi) is 2.81. The molecule has 0 unspecified atom stereocenters. The third kappa shape index (κ3) is 1.94. The fourth-order valence-corrected chi connectivity index (χ4v) is 1.32. The van der Waals surface area contributed by atoms with Crippen LogP contribution in [-0.2, 0) is 4.74 Å². The van der Waals surface area contributed by atoms with E-state index in [4.69, 9.17) is 4.74 Å². The smallest absolute Gasteiger partial charge is 0.409 e. The summed E-state index contributed by atoms with van der Waals surface area (Å²) >= 11 is 0. The molecule has 1 heterocycles. The van der Waals surface area contributed by atoms with E-state index < -0.39 is 5.60 Å². The highest BCUT2D eigenvalue weighted by molar-refractivity contribution is 5.69. The monoisotopic (exact) mass is 187 g/mol. The normalized spacial score (nSPS) is 19.9. The van der Waals surface area contributed by atoms with Gasteiger partial charge in [0.05, 0.1) is 19.7 Å². The Morgan fingerprint density at radius 2 is 2.15 bits per heavy atom. The standard InChI is InChI=1S/C9H17NO3/c1-4-13-8(11)10-5-9(12,6-10)7(2)3/h7,12H,4-6H2,1-3H3. The van der Waals surface area contributed by atoms with Crippen LogP contribution >= 0.6 is 0 Å². The van der Waals surface area contributed by atoms with Crippen LogP contribution in [0, 0.1) is 5.92 Å². The molecule has 1 aliphatic rings. The lowest BCUT2D eigenvalue weighted by Crippen LogP contribution is -2.66. The summed E-state index contributed by atoms with van der Waals surface area (Å²) < 4.78 is 4.79. The lowest BCUT2D eigenvalue weighted by molar-refractivity contribution is -0.117. The molecule has 1 saturated heterocycles. The van der Waals surface area contributed by atoms with E-state index in [0.717, 1.165) is 0 Å². The topological polar surface area (TPSA) is 49.8 Å². The largest absolute Gasteiger partial charge is 0.450 e. The van der Waals surface area contributed by atoms with Crippen LogP contribution in [0.5, 0.6) is 0 Å². The second-order valence-corrected chi connectivity index (χ2v) is 3.81. The van der Waals surface area contributed by atoms with Gasteiger partial charge in [-0.1, -0.05) is 13.8 Å². The van der Waals surface area contributed by atoms with E-state index >= 15 is 0 Å². The first-order valence-corrected chi connectivity index (χ1v) is 4.63. The van der Waals surface area contributed by atoms with Crippen molar-refractivity contribution in [2.75, 3.05) is 19.7 Å². The molecular formula is C9H17NO3. The van der Waals surface area contributed by atoms with Crippen molar-refractivity contribution >= 4 is 6.09 Å². The summed E-state index contributed by atoms with van der Waals surface area (Å²) in [4.78, 5) is 12.6. The van der Waals surface area contributed by atoms with Crippen LogP contribution in [0.1, 0.15) is 20.8 Å². The molecule has 0 spiro atoms. The number of hydrogen-bond acceptors (Lipinski definition) is 3. The Morgan fingerprint density at radius 1 is 1.62 bits per heavy atom. The van der Waals surface area contributed by atoms with Gasteiger partial charge in [0.25, 0.3) is 0 Å². The Labute approximate surface area is 78.5 Å². The first-order valence-electron chi connectivity index (χ1n) is 4.63. The summed E-state index contributed by atoms with van der Waals surface area (Å²) in [6, 6.07) is 0. The quantitative estimate of drug-likeness (QED) is 0.697. The Morgan fingerprint density at radius 3 is 2.54 bits per heavy atom. The summed E-state index contributed by atoms with van der Waals surface area (Å²) in [6.07, 6.45) is -0.326. The molecule has 0 saturated carbocycles. The van der Waals surface area contributed by atoms with Crippen molar-refractivity contribution in [2.24, 2.45) is 5.92 Å². The summed E-state index contributed by atoms with van der Waals surface area (Å²) in [5.41, 5.74) is -0.702. The van der Waals surface area contributed by atoms with Gasteiger partial charge in [0.15, 0.2) is 0 Å². The first kappa shape index (κ1) is 10.3. The van der Waals surface area contributed by atoms with Gasteiger partial charge in [0, 0.05) is 0 Å². The van der Waals surface area contributed by atoms with Crippen LogP contribution in [0.3, 0.4) is 0 Å². The van der Waals surface area contributed by atoms with Crippen molar-refractivity contribution in [1.29, 1.82) is 0 Å². The molecule has 0 bridgehead atoms. The third-order valence-corrected chi connectivity index (χ3v) is 2.53. The Bertz CT molecular complexity index is 197. The zero-order valence-electron chi connectivity index (χ0n) is 8.41. The van der Waals surface area contributed by atoms with Crippen molar-refractivity contribution in [1.82, 2.24) is 4.90 Å². The second kappa shape index (κ2) is 3.54. The zero-order valence-corrected chi connectivity index (χ0v) is 8.41. The maximum atomic E-state index is 11.1. The number of amides is 1. The van der Waals surface area contributed by atoms with Gasteiger partial charge in [-0.25, -0.2) is 4.79 Å². The molecule has 0 aliphatic carbocycles. The van der Waals surface area contributed by atoms with Crippen molar-refractivity contribution in [3.8, 4) is 0 Å². The Balaban J connectivity index is 2.36. The van der Waals surface area contributed by atoms with E-state index in [2.05, 4.69) is 0 Å². The predicted molar refractivity (Wildman–Crippen MR) is 48.4 cm³/mol. The molecule has 1 fully saturated rings. The van der Waals surface area contributed by atoms with Crippen LogP contribution in [0.25, 0.3) is 0 Å². The molecule has 4 heteroatoms. The summed E-state index contributed by atoms with van der Waals surface area (Å²) in [5.74, 6) is 0.179. The minimum absolute atomic E-state index is 0.179. The second-order valence-electron chi connectivity index (χ2n) is 3.81. The number of hydrogen-bond donors (Lipinski definition) is 1. The molecule has 1 aliphatic heterocycles. The maximum Gasteiger partial charge on any atom is 0.409 e. The van der Waals surface area contributed by atoms with Gasteiger partial charge in [-0.3, -0.25) is 0 Å². The van der Waals surface area contributed by atoms with Gasteiger partial charge in [-0.05, 0) is 12.8 Å². The number of carbonyl (C=O) groups is 1. The Hall–Kier alpha value is -0.770. The van der Waals surface area contributed by atoms with E-state index in [0.29, 0.717) is 19.7 Å². The van der Waals surface area contributed by atoms with E-state index in [9.17, 15) is 9.90 Å². The lowest BCUT2D eigenvalue weighted by Gasteiger charge is -2.48. The number of carbonyl (C=O) groups excluding carboxylic acids is 1. The van der Waals surface area contributed by atoms with Gasteiger partial charge >= 0.3 is 6.09 Å². The van der Waals surface area contributed by atoms with E-state index in [1.807, 2.05) is 13.8 Å². The SMILES string of the molecule is CCOC(=O)N1CC(O)(C(C)C)C1. The average Bonchev–Trinajstić information content (AvgIpc) is 1.98. The third-order valence-electron chi connectivity index (χ3n) is 2.53. The fourth-order valence-electron chi connectivity index (χ4n) is 1.32. The molecule has 4 nitrogen and oxygen atoms in total. The number of rotatable bonds is 2. The number of β-amino-alcohol motifs (C(OH)–C–C–N with tert-alkyl or cyclic N) is 1. The van der Waals surface area contributed by atoms with Crippen LogP contribution in [-0.4, -0.2) is 41.4 Å². The van der Waals surface area contributed by atoms with Gasteiger partial charge in [-0.15, -0.1) is 0 Å². The van der Waals surface area contributed by atoms with E-state index in [1.54, 1.807) is 6.92 Å². The molecular weight excluding hydrogens is 170 g/mol. The summed E-state index contributed by atoms with van der Waals surface area (Å²) in [5, 5.41) is 9.83. The van der Waals surface area contributed by atoms with Crippen LogP contribution < -0.4 is 0 Å². The highest BCUT2D eigenvalue weighted by atomic mass is 16.6. The molecule has 76 valence electrons. The first-order chi connectivity index (χ1) is 5.99. The average molecular weight is 187 g/mol. The lowest BCUT2D eigenvalue weighted by atomic mass is 9.83. The summed E-state index contributed by atoms with van der Waals surface area (Å²) in [6.45, 7) is 6.83. The molecule has 1 rings (SSSR count). The number of nitrogens with zero attached hydrogens (tertiary/aromatic N) is 1. The van der Waals surface area contributed by atoms with Gasteiger partial charge in [-0.2, -0.15) is 0 Å². The minimum Gasteiger partial charge on any atom is -0.450 e. The van der Waals surface area contributed by atoms with Gasteiger partial charge in [0.2, 0.25) is 0 Å². The molecule has 0 aromatic heterocycles. The van der Waals surface area contributed by atoms with Gasteiger partial charge in [0.1, 0.15) is 5.60 Å². The van der Waals surface area contributed by atoms with Crippen molar-refractivity contribution in [2.45, 2.75) is 26.4 Å². The predicted octanol–water partition coefficient (Wildman–Crippen LogP) is 0.846. The molecule has 0 atom stereocenters. The zero-order chi connectivity index (χ0) is 10.1. The van der Waals surface area contributed by atoms with E-state index in [-0.39, 0.29) is 12.0 Å². The van der Waals surface area contributed by atoms with Crippen LogP contribution in [0.2, 0.25) is 0 Å². The summed E-state index contributed by atoms with van der Waals surface area (Å²) in [7, 11) is 0. The van der Waals surface area contributed by atoms with Gasteiger partial charge < -0.3 is 14.7 Å². The molecule has 13 heavy (non-hydrogen) atoms. The highest BCUT2D eigenvalue weighted by Crippen LogP contribution is 2.28. The number of aliphatic hydroxyl groups is 1. The van der Waals surface area contributed by atoms with Crippen LogP contribution in [0.15, 0.2) is 0 Å². The number of ether oxygens (including phenoxy) is 1. The molecule has 0 aromatic rings. The molecule has 1 N–H and O–H groups in total. The maximum absolute atomic E-state index is 11.1. The fraction of sp³-hybridized carbons (Fsp3) is 0.889. The van der Waals surface area contributed by atoms with Crippen molar-refractivity contribution in [3.05, 3.63) is 0 Å². The molecule has 0 aromatic carbocycles. The molecule has 1 amide bonds. The van der Waals surface area contributed by atoms with Crippen molar-refractivity contribution < 1.29 is 14.6 Å². The van der Waals surface area contributed by atoms with Crippen LogP contribution in [0.4, 0.5) is 4.79 Å². The van der Waals surface area contributed by atoms with E-state index in [1.165, 1.54) is 4.90 Å². The molecule has 0 radical (unpaired) electrons. The highest BCUT2D eigenvalue weighted by Gasteiger charge is 2.46. The van der Waals surface area contributed by atoms with Crippen molar-refractivity contribution in [3.63, 3.8) is 0 Å². The number of likely N-dealkylation sites (tertiary alicyclic amines) is 1.